The molecule has 0 heterocycles. The van der Waals surface area contributed by atoms with Gasteiger partial charge in [-0.25, -0.2) is 0 Å². The number of hydrogen-bond acceptors (Lipinski definition) is 3. The Morgan fingerprint density at radius 2 is 2.13 bits per heavy atom. The molecule has 0 saturated heterocycles. The number of nitrogens with one attached hydrogen (secondary N) is 1. The van der Waals surface area contributed by atoms with Gasteiger partial charge in [0.25, 0.3) is 0 Å². The first-order valence-corrected chi connectivity index (χ1v) is 5.31. The highest BCUT2D eigenvalue weighted by Crippen LogP contribution is 2.28. The Balaban J connectivity index is 2.90. The lowest BCUT2D eigenvalue weighted by Gasteiger charge is -2.19. The van der Waals surface area contributed by atoms with E-state index in [0.717, 1.165) is 15.9 Å². The molecular weight excluding hydrogens is 256 g/mol. The molecule has 80 valence electrons. The van der Waals surface area contributed by atoms with Crippen LogP contribution in [0.1, 0.15) is 13.8 Å². The second kappa shape index (κ2) is 4.54. The molecule has 1 N–H and O–H groups in total. The van der Waals surface area contributed by atoms with Crippen molar-refractivity contribution >= 4 is 21.6 Å². The van der Waals surface area contributed by atoms with Gasteiger partial charge in [-0.2, -0.15) is 5.26 Å². The van der Waals surface area contributed by atoms with E-state index in [1.54, 1.807) is 7.11 Å². The van der Waals surface area contributed by atoms with Crippen LogP contribution in [0.15, 0.2) is 22.7 Å². The third-order valence-electron chi connectivity index (χ3n) is 1.89. The average molecular weight is 269 g/mol. The molecule has 0 unspecified atom stereocenters. The van der Waals surface area contributed by atoms with E-state index < -0.39 is 5.54 Å². The smallest absolute Gasteiger partial charge is 0.133 e. The van der Waals surface area contributed by atoms with E-state index in [-0.39, 0.29) is 0 Å². The summed E-state index contributed by atoms with van der Waals surface area (Å²) in [4.78, 5) is 0. The van der Waals surface area contributed by atoms with Crippen LogP contribution in [0, 0.1) is 11.3 Å². The first-order valence-electron chi connectivity index (χ1n) is 4.51. The highest BCUT2D eigenvalue weighted by molar-refractivity contribution is 9.10. The summed E-state index contributed by atoms with van der Waals surface area (Å²) >= 11 is 3.39. The first kappa shape index (κ1) is 11.9. The fourth-order valence-electron chi connectivity index (χ4n) is 1.13. The zero-order valence-corrected chi connectivity index (χ0v) is 10.6. The summed E-state index contributed by atoms with van der Waals surface area (Å²) in [6.07, 6.45) is 0. The van der Waals surface area contributed by atoms with Gasteiger partial charge < -0.3 is 10.1 Å². The largest absolute Gasteiger partial charge is 0.496 e. The van der Waals surface area contributed by atoms with Gasteiger partial charge in [0.15, 0.2) is 0 Å². The number of rotatable bonds is 3. The van der Waals surface area contributed by atoms with Gasteiger partial charge in [-0.15, -0.1) is 0 Å². The predicted molar refractivity (Wildman–Crippen MR) is 64.0 cm³/mol. The third kappa shape index (κ3) is 3.14. The lowest BCUT2D eigenvalue weighted by Crippen LogP contribution is -2.28. The Morgan fingerprint density at radius 3 is 2.60 bits per heavy atom. The monoisotopic (exact) mass is 268 g/mol. The summed E-state index contributed by atoms with van der Waals surface area (Å²) in [7, 11) is 1.62. The fraction of sp³-hybridized carbons (Fsp3) is 0.364. The van der Waals surface area contributed by atoms with Crippen LogP contribution in [0.2, 0.25) is 0 Å². The van der Waals surface area contributed by atoms with Crippen molar-refractivity contribution in [3.8, 4) is 11.8 Å². The molecule has 1 rings (SSSR count). The standard InChI is InChI=1S/C11H13BrN2O/c1-11(2,7-13)14-8-4-5-10(15-3)9(12)6-8/h4-6,14H,1-3H3. The van der Waals surface area contributed by atoms with Crippen LogP contribution in [0.25, 0.3) is 0 Å². The molecule has 0 fully saturated rings. The topological polar surface area (TPSA) is 45.0 Å². The molecule has 0 spiro atoms. The molecule has 0 saturated carbocycles. The van der Waals surface area contributed by atoms with Crippen molar-refractivity contribution < 1.29 is 4.74 Å². The van der Waals surface area contributed by atoms with Gasteiger partial charge in [0, 0.05) is 5.69 Å². The molecule has 0 atom stereocenters. The van der Waals surface area contributed by atoms with Crippen LogP contribution in [-0.4, -0.2) is 12.6 Å². The van der Waals surface area contributed by atoms with Crippen molar-refractivity contribution in [1.29, 1.82) is 5.26 Å². The van der Waals surface area contributed by atoms with Crippen molar-refractivity contribution in [3.05, 3.63) is 22.7 Å². The van der Waals surface area contributed by atoms with Crippen molar-refractivity contribution in [1.82, 2.24) is 0 Å². The highest BCUT2D eigenvalue weighted by Gasteiger charge is 2.16. The first-order chi connectivity index (χ1) is 6.98. The van der Waals surface area contributed by atoms with E-state index in [1.807, 2.05) is 32.0 Å². The summed E-state index contributed by atoms with van der Waals surface area (Å²) in [5.41, 5.74) is 0.308. The van der Waals surface area contributed by atoms with Crippen LogP contribution < -0.4 is 10.1 Å². The van der Waals surface area contributed by atoms with Crippen molar-refractivity contribution in [2.24, 2.45) is 0 Å². The Hall–Kier alpha value is -1.21. The molecule has 0 bridgehead atoms. The van der Waals surface area contributed by atoms with Crippen LogP contribution in [0.5, 0.6) is 5.75 Å². The summed E-state index contributed by atoms with van der Waals surface area (Å²) < 4.78 is 5.98. The molecule has 0 aliphatic carbocycles. The molecule has 0 aromatic heterocycles. The Kier molecular flexibility index (Phi) is 3.59. The van der Waals surface area contributed by atoms with Gasteiger partial charge in [-0.05, 0) is 48.0 Å². The number of halogens is 1. The quantitative estimate of drug-likeness (QED) is 0.916. The maximum absolute atomic E-state index is 8.88. The number of hydrogen-bond donors (Lipinski definition) is 1. The third-order valence-corrected chi connectivity index (χ3v) is 2.51. The minimum absolute atomic E-state index is 0.575. The van der Waals surface area contributed by atoms with Gasteiger partial charge in [-0.3, -0.25) is 0 Å². The SMILES string of the molecule is COc1ccc(NC(C)(C)C#N)cc1Br. The number of methoxy groups -OCH3 is 1. The molecule has 4 heteroatoms. The van der Waals surface area contributed by atoms with Crippen LogP contribution in [-0.2, 0) is 0 Å². The Labute approximate surface area is 98.2 Å². The van der Waals surface area contributed by atoms with E-state index in [9.17, 15) is 0 Å². The molecule has 0 aliphatic rings. The van der Waals surface area contributed by atoms with Crippen LogP contribution >= 0.6 is 15.9 Å². The molecule has 3 nitrogen and oxygen atoms in total. The second-order valence-corrected chi connectivity index (χ2v) is 4.57. The maximum Gasteiger partial charge on any atom is 0.133 e. The summed E-state index contributed by atoms with van der Waals surface area (Å²) in [5.74, 6) is 0.773. The van der Waals surface area contributed by atoms with E-state index in [2.05, 4.69) is 27.3 Å². The van der Waals surface area contributed by atoms with E-state index in [0.29, 0.717) is 0 Å². The molecule has 1 aromatic carbocycles. The van der Waals surface area contributed by atoms with E-state index in [4.69, 9.17) is 10.00 Å². The normalized spacial score (nSPS) is 10.6. The molecular formula is C11H13BrN2O. The molecule has 1 aromatic rings. The summed E-state index contributed by atoms with van der Waals surface area (Å²) in [5, 5.41) is 12.0. The number of anilines is 1. The number of nitrogens with zero attached hydrogens (tertiary/aromatic N) is 1. The van der Waals surface area contributed by atoms with Crippen molar-refractivity contribution in [2.75, 3.05) is 12.4 Å². The zero-order chi connectivity index (χ0) is 11.5. The van der Waals surface area contributed by atoms with Gasteiger partial charge in [0.2, 0.25) is 0 Å². The van der Waals surface area contributed by atoms with Gasteiger partial charge >= 0.3 is 0 Å². The van der Waals surface area contributed by atoms with Gasteiger partial charge in [-0.1, -0.05) is 0 Å². The summed E-state index contributed by atoms with van der Waals surface area (Å²) in [6, 6.07) is 7.79. The van der Waals surface area contributed by atoms with Crippen LogP contribution in [0.3, 0.4) is 0 Å². The maximum atomic E-state index is 8.88. The predicted octanol–water partition coefficient (Wildman–Crippen LogP) is 3.17. The molecule has 0 aliphatic heterocycles. The van der Waals surface area contributed by atoms with Crippen molar-refractivity contribution in [3.63, 3.8) is 0 Å². The minimum atomic E-state index is -0.575. The fourth-order valence-corrected chi connectivity index (χ4v) is 1.67. The molecule has 0 radical (unpaired) electrons. The lowest BCUT2D eigenvalue weighted by molar-refractivity contribution is 0.412. The average Bonchev–Trinajstić information content (AvgIpc) is 2.17. The van der Waals surface area contributed by atoms with Gasteiger partial charge in [0.1, 0.15) is 11.3 Å². The van der Waals surface area contributed by atoms with E-state index in [1.165, 1.54) is 0 Å². The van der Waals surface area contributed by atoms with Gasteiger partial charge in [0.05, 0.1) is 17.7 Å². The number of benzene rings is 1. The Morgan fingerprint density at radius 1 is 1.47 bits per heavy atom. The molecule has 0 amide bonds. The summed E-state index contributed by atoms with van der Waals surface area (Å²) in [6.45, 7) is 3.65. The Bertz CT molecular complexity index is 396. The minimum Gasteiger partial charge on any atom is -0.496 e. The van der Waals surface area contributed by atoms with E-state index >= 15 is 0 Å². The zero-order valence-electron chi connectivity index (χ0n) is 8.97. The highest BCUT2D eigenvalue weighted by atomic mass is 79.9. The molecule has 15 heavy (non-hydrogen) atoms. The number of nitriles is 1. The lowest BCUT2D eigenvalue weighted by atomic mass is 10.1. The van der Waals surface area contributed by atoms with Crippen molar-refractivity contribution in [2.45, 2.75) is 19.4 Å². The number of ether oxygens (including phenoxy) is 1. The van der Waals surface area contributed by atoms with Crippen LogP contribution in [0.4, 0.5) is 5.69 Å². The second-order valence-electron chi connectivity index (χ2n) is 3.71.